The monoisotopic (exact) mass is 666 g/mol. The second kappa shape index (κ2) is 39.0. The number of aliphatic hydroxyl groups excluding tert-OH is 2. The van der Waals surface area contributed by atoms with Gasteiger partial charge in [0.05, 0.1) is 18.8 Å². The molecule has 0 aliphatic heterocycles. The van der Waals surface area contributed by atoms with Gasteiger partial charge in [-0.25, -0.2) is 0 Å². The molecular weight excluding hydrogens is 590 g/mol. The normalized spacial score (nSPS) is 14.0. The molecule has 3 N–H and O–H groups in total. The van der Waals surface area contributed by atoms with Crippen molar-refractivity contribution in [3.8, 4) is 0 Å². The van der Waals surface area contributed by atoms with Crippen LogP contribution in [0, 0.1) is 0 Å². The van der Waals surface area contributed by atoms with Crippen LogP contribution in [-0.2, 0) is 4.79 Å². The quantitative estimate of drug-likeness (QED) is 0.0473. The summed E-state index contributed by atoms with van der Waals surface area (Å²) in [5.41, 5.74) is 0. The molecule has 4 heteroatoms. The van der Waals surface area contributed by atoms with Crippen molar-refractivity contribution < 1.29 is 15.0 Å². The maximum absolute atomic E-state index is 12.3. The SMILES string of the molecule is CC/C=C\C/C=C\C/C=C\C/C=C\C/C=C\CCCCCCCCCCCCCCCC(=O)NC(CO)C(O)/C=C/CC/C=C/CCC. The zero-order valence-electron chi connectivity index (χ0n) is 31.2. The van der Waals surface area contributed by atoms with Gasteiger partial charge in [0.15, 0.2) is 0 Å². The van der Waals surface area contributed by atoms with Crippen LogP contribution < -0.4 is 5.32 Å². The van der Waals surface area contributed by atoms with Crippen LogP contribution in [-0.4, -0.2) is 34.9 Å². The highest BCUT2D eigenvalue weighted by Gasteiger charge is 2.17. The summed E-state index contributed by atoms with van der Waals surface area (Å²) < 4.78 is 0. The highest BCUT2D eigenvalue weighted by molar-refractivity contribution is 5.76. The van der Waals surface area contributed by atoms with Gasteiger partial charge >= 0.3 is 0 Å². The average Bonchev–Trinajstić information content (AvgIpc) is 3.09. The van der Waals surface area contributed by atoms with E-state index >= 15 is 0 Å². The van der Waals surface area contributed by atoms with Gasteiger partial charge in [-0.05, 0) is 70.6 Å². The molecule has 0 heterocycles. The Labute approximate surface area is 297 Å². The van der Waals surface area contributed by atoms with E-state index in [1.54, 1.807) is 6.08 Å². The van der Waals surface area contributed by atoms with Crippen molar-refractivity contribution in [2.75, 3.05) is 6.61 Å². The predicted octanol–water partition coefficient (Wildman–Crippen LogP) is 12.1. The molecular formula is C44H75NO3. The summed E-state index contributed by atoms with van der Waals surface area (Å²) in [4.78, 5) is 12.3. The largest absolute Gasteiger partial charge is 0.394 e. The first-order valence-electron chi connectivity index (χ1n) is 19.8. The molecule has 0 saturated heterocycles. The molecule has 0 bridgehead atoms. The number of rotatable bonds is 34. The molecule has 0 fully saturated rings. The van der Waals surface area contributed by atoms with E-state index < -0.39 is 12.1 Å². The number of hydrogen-bond donors (Lipinski definition) is 3. The number of allylic oxidation sites excluding steroid dienone is 13. The van der Waals surface area contributed by atoms with Crippen molar-refractivity contribution in [2.24, 2.45) is 0 Å². The van der Waals surface area contributed by atoms with Crippen molar-refractivity contribution in [2.45, 2.75) is 180 Å². The Morgan fingerprint density at radius 1 is 0.521 bits per heavy atom. The van der Waals surface area contributed by atoms with Crippen molar-refractivity contribution in [3.63, 3.8) is 0 Å². The summed E-state index contributed by atoms with van der Waals surface area (Å²) >= 11 is 0. The van der Waals surface area contributed by atoms with Gasteiger partial charge in [0.2, 0.25) is 5.91 Å². The Hall–Kier alpha value is -2.43. The standard InChI is InChI=1S/C44H75NO3/c1-3-5-7-9-11-12-13-14-15-16-17-18-19-20-21-22-23-24-25-26-27-28-29-30-31-32-34-36-38-40-44(48)45-42(41-46)43(47)39-37-35-33-10-8-6-4-2/h5,7-8,10-12,14-15,17-18,20-21,37,39,42-43,46-47H,3-4,6,9,13,16,19,22-36,38,40-41H2,1-2H3,(H,45,48)/b7-5-,10-8+,12-11-,15-14-,18-17-,21-20-,39-37+. The molecule has 4 nitrogen and oxygen atoms in total. The predicted molar refractivity (Wildman–Crippen MR) is 211 cm³/mol. The van der Waals surface area contributed by atoms with Gasteiger partial charge < -0.3 is 15.5 Å². The fourth-order valence-corrected chi connectivity index (χ4v) is 5.34. The zero-order valence-corrected chi connectivity index (χ0v) is 31.2. The van der Waals surface area contributed by atoms with Crippen LogP contribution in [0.5, 0.6) is 0 Å². The lowest BCUT2D eigenvalue weighted by atomic mass is 10.0. The lowest BCUT2D eigenvalue weighted by Crippen LogP contribution is -2.45. The third kappa shape index (κ3) is 34.9. The molecule has 0 aromatic carbocycles. The molecule has 0 aliphatic carbocycles. The van der Waals surface area contributed by atoms with E-state index in [2.05, 4.69) is 92.1 Å². The third-order valence-corrected chi connectivity index (χ3v) is 8.34. The van der Waals surface area contributed by atoms with Gasteiger partial charge in [-0.2, -0.15) is 0 Å². The van der Waals surface area contributed by atoms with Crippen LogP contribution in [0.1, 0.15) is 168 Å². The van der Waals surface area contributed by atoms with Crippen LogP contribution in [0.4, 0.5) is 0 Å². The molecule has 274 valence electrons. The Morgan fingerprint density at radius 3 is 1.44 bits per heavy atom. The highest BCUT2D eigenvalue weighted by Crippen LogP contribution is 2.14. The Balaban J connectivity index is 3.53. The first kappa shape index (κ1) is 45.6. The molecule has 0 aromatic rings. The molecule has 1 amide bonds. The summed E-state index contributed by atoms with van der Waals surface area (Å²) in [6.45, 7) is 4.06. The summed E-state index contributed by atoms with van der Waals surface area (Å²) in [6, 6.07) is -0.640. The van der Waals surface area contributed by atoms with E-state index in [9.17, 15) is 15.0 Å². The Bertz CT molecular complexity index is 895. The third-order valence-electron chi connectivity index (χ3n) is 8.34. The number of aliphatic hydroxyl groups is 2. The topological polar surface area (TPSA) is 69.6 Å². The van der Waals surface area contributed by atoms with Crippen molar-refractivity contribution in [3.05, 3.63) is 85.1 Å². The van der Waals surface area contributed by atoms with E-state index in [-0.39, 0.29) is 12.5 Å². The first-order chi connectivity index (χ1) is 23.7. The van der Waals surface area contributed by atoms with E-state index in [0.717, 1.165) is 70.6 Å². The van der Waals surface area contributed by atoms with Crippen LogP contribution >= 0.6 is 0 Å². The summed E-state index contributed by atoms with van der Waals surface area (Å²) in [5, 5.41) is 22.7. The second-order valence-corrected chi connectivity index (χ2v) is 13.0. The van der Waals surface area contributed by atoms with Crippen LogP contribution in [0.3, 0.4) is 0 Å². The first-order valence-corrected chi connectivity index (χ1v) is 19.8. The van der Waals surface area contributed by atoms with E-state index in [4.69, 9.17) is 0 Å². The smallest absolute Gasteiger partial charge is 0.220 e. The summed E-state index contributed by atoms with van der Waals surface area (Å²) in [5.74, 6) is -0.0850. The molecule has 48 heavy (non-hydrogen) atoms. The molecule has 2 unspecified atom stereocenters. The van der Waals surface area contributed by atoms with Crippen molar-refractivity contribution in [1.82, 2.24) is 5.32 Å². The molecule has 0 radical (unpaired) electrons. The second-order valence-electron chi connectivity index (χ2n) is 13.0. The number of hydrogen-bond acceptors (Lipinski definition) is 3. The highest BCUT2D eigenvalue weighted by atomic mass is 16.3. The van der Waals surface area contributed by atoms with Gasteiger partial charge in [0.25, 0.3) is 0 Å². The van der Waals surface area contributed by atoms with Crippen LogP contribution in [0.25, 0.3) is 0 Å². The maximum atomic E-state index is 12.3. The fraction of sp³-hybridized carbons (Fsp3) is 0.659. The van der Waals surface area contributed by atoms with Gasteiger partial charge in [0, 0.05) is 6.42 Å². The number of nitrogens with one attached hydrogen (secondary N) is 1. The van der Waals surface area contributed by atoms with E-state index in [0.29, 0.717) is 6.42 Å². The van der Waals surface area contributed by atoms with Gasteiger partial charge in [-0.3, -0.25) is 4.79 Å². The minimum absolute atomic E-state index is 0.0850. The van der Waals surface area contributed by atoms with Crippen LogP contribution in [0.15, 0.2) is 85.1 Å². The maximum Gasteiger partial charge on any atom is 0.220 e. The molecule has 0 rings (SSSR count). The van der Waals surface area contributed by atoms with Crippen molar-refractivity contribution >= 4 is 5.91 Å². The van der Waals surface area contributed by atoms with Gasteiger partial charge in [-0.1, -0.05) is 176 Å². The van der Waals surface area contributed by atoms with Gasteiger partial charge in [-0.15, -0.1) is 0 Å². The van der Waals surface area contributed by atoms with E-state index in [1.807, 2.05) is 6.08 Å². The molecule has 2 atom stereocenters. The fourth-order valence-electron chi connectivity index (χ4n) is 5.34. The van der Waals surface area contributed by atoms with Gasteiger partial charge in [0.1, 0.15) is 0 Å². The lowest BCUT2D eigenvalue weighted by molar-refractivity contribution is -0.123. The minimum Gasteiger partial charge on any atom is -0.394 e. The van der Waals surface area contributed by atoms with Crippen LogP contribution in [0.2, 0.25) is 0 Å². The Kier molecular flexibility index (Phi) is 37.0. The zero-order chi connectivity index (χ0) is 35.0. The number of carbonyl (C=O) groups excluding carboxylic acids is 1. The molecule has 0 aromatic heterocycles. The molecule has 0 aliphatic rings. The summed E-state index contributed by atoms with van der Waals surface area (Å²) in [7, 11) is 0. The summed E-state index contributed by atoms with van der Waals surface area (Å²) in [6.07, 6.45) is 57.0. The van der Waals surface area contributed by atoms with E-state index in [1.165, 1.54) is 77.0 Å². The van der Waals surface area contributed by atoms with Crippen molar-refractivity contribution in [1.29, 1.82) is 0 Å². The number of carbonyl (C=O) groups is 1. The molecule has 0 saturated carbocycles. The lowest BCUT2D eigenvalue weighted by Gasteiger charge is -2.19. The average molecular weight is 666 g/mol. The minimum atomic E-state index is -0.862. The number of amides is 1. The number of unbranched alkanes of at least 4 members (excludes halogenated alkanes) is 15. The molecule has 0 spiro atoms. The Morgan fingerprint density at radius 2 is 0.938 bits per heavy atom.